The van der Waals surface area contributed by atoms with Gasteiger partial charge in [-0.2, -0.15) is 0 Å². The Labute approximate surface area is 146 Å². The molecule has 2 aromatic rings. The van der Waals surface area contributed by atoms with Crippen LogP contribution in [0.2, 0.25) is 0 Å². The van der Waals surface area contributed by atoms with E-state index in [9.17, 15) is 9.18 Å². The van der Waals surface area contributed by atoms with Gasteiger partial charge in [0.05, 0.1) is 6.42 Å². The third kappa shape index (κ3) is 3.45. The molecule has 130 valence electrons. The van der Waals surface area contributed by atoms with Gasteiger partial charge in [-0.25, -0.2) is 4.39 Å². The Morgan fingerprint density at radius 1 is 1.04 bits per heavy atom. The van der Waals surface area contributed by atoms with Crippen LogP contribution in [0.4, 0.5) is 10.1 Å². The van der Waals surface area contributed by atoms with Gasteiger partial charge in [-0.05, 0) is 42.7 Å². The number of ether oxygens (including phenoxy) is 2. The van der Waals surface area contributed by atoms with E-state index in [1.54, 1.807) is 24.3 Å². The van der Waals surface area contributed by atoms with E-state index >= 15 is 0 Å². The first-order valence-corrected chi connectivity index (χ1v) is 8.68. The largest absolute Gasteiger partial charge is 0.448 e. The van der Waals surface area contributed by atoms with Crippen LogP contribution < -0.4 is 14.8 Å². The highest BCUT2D eigenvalue weighted by molar-refractivity contribution is 5.92. The van der Waals surface area contributed by atoms with Gasteiger partial charge in [0.2, 0.25) is 5.91 Å². The summed E-state index contributed by atoms with van der Waals surface area (Å²) in [5.74, 6) is 0.337. The van der Waals surface area contributed by atoms with Crippen molar-refractivity contribution < 1.29 is 18.7 Å². The third-order valence-corrected chi connectivity index (χ3v) is 4.69. The molecule has 2 aromatic carbocycles. The lowest BCUT2D eigenvalue weighted by Gasteiger charge is -2.31. The molecule has 1 aliphatic heterocycles. The second-order valence-corrected chi connectivity index (χ2v) is 6.69. The van der Waals surface area contributed by atoms with E-state index in [1.165, 1.54) is 18.6 Å². The first-order chi connectivity index (χ1) is 12.1. The van der Waals surface area contributed by atoms with Crippen molar-refractivity contribution in [1.29, 1.82) is 0 Å². The number of amides is 1. The van der Waals surface area contributed by atoms with Gasteiger partial charge in [0.1, 0.15) is 5.82 Å². The maximum Gasteiger partial charge on any atom is 0.251 e. The van der Waals surface area contributed by atoms with Crippen molar-refractivity contribution in [3.8, 4) is 11.5 Å². The van der Waals surface area contributed by atoms with E-state index in [0.29, 0.717) is 17.0 Å². The monoisotopic (exact) mass is 341 g/mol. The molecular formula is C20H20FNO3. The number of hydrogen-bond acceptors (Lipinski definition) is 3. The second kappa shape index (κ2) is 6.39. The van der Waals surface area contributed by atoms with E-state index in [-0.39, 0.29) is 18.1 Å². The van der Waals surface area contributed by atoms with Crippen LogP contribution in [0.25, 0.3) is 0 Å². The number of halogens is 1. The smallest absolute Gasteiger partial charge is 0.251 e. The van der Waals surface area contributed by atoms with Crippen molar-refractivity contribution in [2.75, 3.05) is 5.32 Å². The minimum Gasteiger partial charge on any atom is -0.448 e. The minimum absolute atomic E-state index is 0.121. The lowest BCUT2D eigenvalue weighted by atomic mass is 9.94. The topological polar surface area (TPSA) is 47.6 Å². The fourth-order valence-corrected chi connectivity index (χ4v) is 3.50. The fourth-order valence-electron chi connectivity index (χ4n) is 3.50. The van der Waals surface area contributed by atoms with Gasteiger partial charge in [-0.3, -0.25) is 4.79 Å². The van der Waals surface area contributed by atoms with Crippen LogP contribution in [0.3, 0.4) is 0 Å². The van der Waals surface area contributed by atoms with Crippen molar-refractivity contribution >= 4 is 11.6 Å². The van der Waals surface area contributed by atoms with Gasteiger partial charge in [-0.1, -0.05) is 18.6 Å². The molecule has 1 N–H and O–H groups in total. The zero-order valence-corrected chi connectivity index (χ0v) is 13.9. The van der Waals surface area contributed by atoms with Crippen LogP contribution >= 0.6 is 0 Å². The predicted molar refractivity (Wildman–Crippen MR) is 92.2 cm³/mol. The van der Waals surface area contributed by atoms with E-state index in [0.717, 1.165) is 31.4 Å². The Balaban J connectivity index is 1.43. The Hall–Kier alpha value is -2.56. The van der Waals surface area contributed by atoms with Crippen LogP contribution in [-0.4, -0.2) is 11.7 Å². The van der Waals surface area contributed by atoms with Crippen molar-refractivity contribution in [1.82, 2.24) is 0 Å². The Morgan fingerprint density at radius 2 is 1.84 bits per heavy atom. The standard InChI is InChI=1S/C20H20FNO3/c21-15-6-4-5-14(11-15)12-19(23)22-16-7-8-17-18(13-16)25-20(24-17)9-2-1-3-10-20/h4-8,11,13H,1-3,9-10,12H2,(H,22,23). The van der Waals surface area contributed by atoms with Gasteiger partial charge < -0.3 is 14.8 Å². The molecule has 0 unspecified atom stereocenters. The molecule has 0 atom stereocenters. The van der Waals surface area contributed by atoms with Crippen molar-refractivity contribution in [2.24, 2.45) is 0 Å². The number of nitrogens with one attached hydrogen (secondary N) is 1. The molecule has 1 spiro atoms. The number of anilines is 1. The molecule has 1 saturated carbocycles. The molecule has 5 heteroatoms. The highest BCUT2D eigenvalue weighted by Gasteiger charge is 2.42. The highest BCUT2D eigenvalue weighted by Crippen LogP contribution is 2.46. The number of benzene rings is 2. The normalized spacial score (nSPS) is 17.5. The summed E-state index contributed by atoms with van der Waals surface area (Å²) in [6.07, 6.45) is 5.32. The SMILES string of the molecule is O=C(Cc1cccc(F)c1)Nc1ccc2c(c1)OC1(CCCCC1)O2. The Bertz CT molecular complexity index is 799. The van der Waals surface area contributed by atoms with Gasteiger partial charge in [0.15, 0.2) is 11.5 Å². The molecule has 0 bridgehead atoms. The molecule has 1 aliphatic carbocycles. The third-order valence-electron chi connectivity index (χ3n) is 4.69. The quantitative estimate of drug-likeness (QED) is 0.898. The van der Waals surface area contributed by atoms with E-state index in [4.69, 9.17) is 9.47 Å². The average molecular weight is 341 g/mol. The first-order valence-electron chi connectivity index (χ1n) is 8.68. The summed E-state index contributed by atoms with van der Waals surface area (Å²) in [7, 11) is 0. The molecule has 0 aromatic heterocycles. The fraction of sp³-hybridized carbons (Fsp3) is 0.350. The maximum absolute atomic E-state index is 13.2. The molecule has 0 saturated heterocycles. The van der Waals surface area contributed by atoms with E-state index in [2.05, 4.69) is 5.32 Å². The predicted octanol–water partition coefficient (Wildman–Crippen LogP) is 4.44. The summed E-state index contributed by atoms with van der Waals surface area (Å²) in [5, 5.41) is 2.83. The van der Waals surface area contributed by atoms with E-state index in [1.807, 2.05) is 6.07 Å². The maximum atomic E-state index is 13.2. The summed E-state index contributed by atoms with van der Waals surface area (Å²) in [6, 6.07) is 11.5. The summed E-state index contributed by atoms with van der Waals surface area (Å²) in [5.41, 5.74) is 1.29. The minimum atomic E-state index is -0.523. The number of carbonyl (C=O) groups is 1. The van der Waals surface area contributed by atoms with Crippen LogP contribution in [0, 0.1) is 5.82 Å². The molecule has 4 rings (SSSR count). The lowest BCUT2D eigenvalue weighted by molar-refractivity contribution is -0.115. The highest BCUT2D eigenvalue weighted by atomic mass is 19.1. The zero-order valence-electron chi connectivity index (χ0n) is 13.9. The van der Waals surface area contributed by atoms with Crippen LogP contribution in [0.1, 0.15) is 37.7 Å². The number of hydrogen-bond donors (Lipinski definition) is 1. The van der Waals surface area contributed by atoms with Crippen LogP contribution in [0.15, 0.2) is 42.5 Å². The number of carbonyl (C=O) groups excluding carboxylic acids is 1. The molecule has 0 radical (unpaired) electrons. The molecule has 25 heavy (non-hydrogen) atoms. The molecular weight excluding hydrogens is 321 g/mol. The summed E-state index contributed by atoms with van der Waals surface area (Å²) in [4.78, 5) is 12.2. The van der Waals surface area contributed by atoms with Crippen molar-refractivity contribution in [3.05, 3.63) is 53.8 Å². The molecule has 1 amide bonds. The first kappa shape index (κ1) is 15.9. The van der Waals surface area contributed by atoms with Crippen molar-refractivity contribution in [3.63, 3.8) is 0 Å². The van der Waals surface area contributed by atoms with Gasteiger partial charge in [0.25, 0.3) is 5.79 Å². The summed E-state index contributed by atoms with van der Waals surface area (Å²) < 4.78 is 25.3. The number of rotatable bonds is 3. The van der Waals surface area contributed by atoms with Gasteiger partial charge in [-0.15, -0.1) is 0 Å². The van der Waals surface area contributed by atoms with Crippen LogP contribution in [0.5, 0.6) is 11.5 Å². The Morgan fingerprint density at radius 3 is 2.64 bits per heavy atom. The zero-order chi connectivity index (χ0) is 17.3. The second-order valence-electron chi connectivity index (χ2n) is 6.69. The summed E-state index contributed by atoms with van der Waals surface area (Å²) in [6.45, 7) is 0. The molecule has 4 nitrogen and oxygen atoms in total. The lowest BCUT2D eigenvalue weighted by Crippen LogP contribution is -2.40. The van der Waals surface area contributed by atoms with Crippen molar-refractivity contribution in [2.45, 2.75) is 44.3 Å². The van der Waals surface area contributed by atoms with Gasteiger partial charge >= 0.3 is 0 Å². The summed E-state index contributed by atoms with van der Waals surface area (Å²) >= 11 is 0. The molecule has 1 fully saturated rings. The van der Waals surface area contributed by atoms with Gasteiger partial charge in [0, 0.05) is 24.6 Å². The Kier molecular flexibility index (Phi) is 4.07. The molecule has 1 heterocycles. The average Bonchev–Trinajstić information content (AvgIpc) is 2.92. The molecule has 2 aliphatic rings. The number of fused-ring (bicyclic) bond motifs is 1. The van der Waals surface area contributed by atoms with Crippen LogP contribution in [-0.2, 0) is 11.2 Å². The van der Waals surface area contributed by atoms with E-state index < -0.39 is 5.79 Å².